The molecule has 0 aromatic heterocycles. The van der Waals surface area contributed by atoms with Crippen molar-refractivity contribution in [2.24, 2.45) is 11.8 Å². The van der Waals surface area contributed by atoms with Crippen molar-refractivity contribution in [1.29, 1.82) is 0 Å². The second kappa shape index (κ2) is 5.45. The summed E-state index contributed by atoms with van der Waals surface area (Å²) in [5, 5.41) is 3.88. The average molecular weight is 284 g/mol. The van der Waals surface area contributed by atoms with Crippen LogP contribution < -0.4 is 5.32 Å². The lowest BCUT2D eigenvalue weighted by Gasteiger charge is -2.23. The minimum Gasteiger partial charge on any atom is -0.337 e. The lowest BCUT2D eigenvalue weighted by atomic mass is 10.1. The van der Waals surface area contributed by atoms with Crippen molar-refractivity contribution in [2.45, 2.75) is 44.2 Å². The largest absolute Gasteiger partial charge is 0.337 e. The van der Waals surface area contributed by atoms with Crippen LogP contribution in [-0.2, 0) is 0 Å². The third-order valence-electron chi connectivity index (χ3n) is 5.18. The molecule has 2 aliphatic carbocycles. The first-order valence-electron chi connectivity index (χ1n) is 8.41. The standard InChI is InChI=1S/C18H24N2O/c21-18(15-4-2-1-3-5-15)20-11-10-16(12-20)19-17(13-6-7-13)14-8-9-14/h1-5,13-14,16-17,19H,6-12H2/t16-/m1/s1. The number of nitrogens with one attached hydrogen (secondary N) is 1. The Balaban J connectivity index is 1.35. The zero-order valence-corrected chi connectivity index (χ0v) is 12.5. The highest BCUT2D eigenvalue weighted by Gasteiger charge is 2.43. The molecular formula is C18H24N2O. The Morgan fingerprint density at radius 3 is 2.33 bits per heavy atom. The molecule has 112 valence electrons. The lowest BCUT2D eigenvalue weighted by Crippen LogP contribution is -2.43. The number of hydrogen-bond donors (Lipinski definition) is 1. The maximum atomic E-state index is 12.5. The number of carbonyl (C=O) groups excluding carboxylic acids is 1. The third-order valence-corrected chi connectivity index (χ3v) is 5.18. The van der Waals surface area contributed by atoms with Gasteiger partial charge in [-0.1, -0.05) is 18.2 Å². The van der Waals surface area contributed by atoms with E-state index in [2.05, 4.69) is 5.32 Å². The van der Waals surface area contributed by atoms with Crippen LogP contribution in [0, 0.1) is 11.8 Å². The Labute approximate surface area is 126 Å². The van der Waals surface area contributed by atoms with E-state index in [1.54, 1.807) is 0 Å². The molecule has 3 fully saturated rings. The summed E-state index contributed by atoms with van der Waals surface area (Å²) in [6.07, 6.45) is 6.75. The molecule has 21 heavy (non-hydrogen) atoms. The van der Waals surface area contributed by atoms with Crippen LogP contribution in [0.3, 0.4) is 0 Å². The second-order valence-electron chi connectivity index (χ2n) is 6.97. The Morgan fingerprint density at radius 2 is 1.71 bits per heavy atom. The molecular weight excluding hydrogens is 260 g/mol. The van der Waals surface area contributed by atoms with Crippen molar-refractivity contribution in [1.82, 2.24) is 10.2 Å². The molecule has 1 N–H and O–H groups in total. The molecule has 1 atom stereocenters. The molecule has 0 radical (unpaired) electrons. The summed E-state index contributed by atoms with van der Waals surface area (Å²) in [7, 11) is 0. The van der Waals surface area contributed by atoms with Crippen LogP contribution in [-0.4, -0.2) is 36.0 Å². The molecule has 1 amide bonds. The lowest BCUT2D eigenvalue weighted by molar-refractivity contribution is 0.0788. The van der Waals surface area contributed by atoms with E-state index in [1.807, 2.05) is 35.2 Å². The monoisotopic (exact) mass is 284 g/mol. The highest BCUT2D eigenvalue weighted by atomic mass is 16.2. The summed E-state index contributed by atoms with van der Waals surface area (Å²) < 4.78 is 0. The Morgan fingerprint density at radius 1 is 1.05 bits per heavy atom. The van der Waals surface area contributed by atoms with Gasteiger partial charge in [0.2, 0.25) is 0 Å². The summed E-state index contributed by atoms with van der Waals surface area (Å²) in [6.45, 7) is 1.77. The van der Waals surface area contributed by atoms with E-state index in [0.717, 1.165) is 43.0 Å². The SMILES string of the molecule is O=C(c1ccccc1)N1CC[C@@H](NC(C2CC2)C2CC2)C1. The molecule has 1 aromatic rings. The normalized spacial score (nSPS) is 25.6. The van der Waals surface area contributed by atoms with Gasteiger partial charge < -0.3 is 10.2 Å². The first kappa shape index (κ1) is 13.3. The number of hydrogen-bond acceptors (Lipinski definition) is 2. The molecule has 1 heterocycles. The fraction of sp³-hybridized carbons (Fsp3) is 0.611. The fourth-order valence-electron chi connectivity index (χ4n) is 3.68. The first-order chi connectivity index (χ1) is 10.3. The van der Waals surface area contributed by atoms with Gasteiger partial charge in [-0.2, -0.15) is 0 Å². The summed E-state index contributed by atoms with van der Waals surface area (Å²) in [5.74, 6) is 2.04. The summed E-state index contributed by atoms with van der Waals surface area (Å²) in [4.78, 5) is 14.5. The van der Waals surface area contributed by atoms with Crippen LogP contribution in [0.1, 0.15) is 42.5 Å². The van der Waals surface area contributed by atoms with Crippen molar-refractivity contribution >= 4 is 5.91 Å². The molecule has 0 spiro atoms. The van der Waals surface area contributed by atoms with Crippen molar-refractivity contribution in [2.75, 3.05) is 13.1 Å². The van der Waals surface area contributed by atoms with Gasteiger partial charge in [0.05, 0.1) is 0 Å². The Bertz CT molecular complexity index is 495. The van der Waals surface area contributed by atoms with Crippen LogP contribution in [0.5, 0.6) is 0 Å². The predicted molar refractivity (Wildman–Crippen MR) is 83.1 cm³/mol. The van der Waals surface area contributed by atoms with Gasteiger partial charge in [-0.15, -0.1) is 0 Å². The minimum atomic E-state index is 0.189. The maximum Gasteiger partial charge on any atom is 0.253 e. The van der Waals surface area contributed by atoms with Crippen molar-refractivity contribution in [3.8, 4) is 0 Å². The van der Waals surface area contributed by atoms with Crippen LogP contribution in [0.15, 0.2) is 30.3 Å². The van der Waals surface area contributed by atoms with E-state index in [0.29, 0.717) is 6.04 Å². The highest BCUT2D eigenvalue weighted by molar-refractivity contribution is 5.94. The third kappa shape index (κ3) is 2.98. The topological polar surface area (TPSA) is 32.3 Å². The fourth-order valence-corrected chi connectivity index (χ4v) is 3.68. The van der Waals surface area contributed by atoms with Crippen LogP contribution in [0.2, 0.25) is 0 Å². The smallest absolute Gasteiger partial charge is 0.253 e. The average Bonchev–Trinajstić information content (AvgIpc) is 3.45. The van der Waals surface area contributed by atoms with Gasteiger partial charge in [0.1, 0.15) is 0 Å². The van der Waals surface area contributed by atoms with Crippen LogP contribution in [0.25, 0.3) is 0 Å². The summed E-state index contributed by atoms with van der Waals surface area (Å²) in [6, 6.07) is 10.9. The molecule has 1 aliphatic heterocycles. The van der Waals surface area contributed by atoms with Gasteiger partial charge in [-0.05, 0) is 56.1 Å². The molecule has 3 aliphatic rings. The van der Waals surface area contributed by atoms with Crippen LogP contribution >= 0.6 is 0 Å². The van der Waals surface area contributed by atoms with Crippen molar-refractivity contribution in [3.63, 3.8) is 0 Å². The zero-order valence-electron chi connectivity index (χ0n) is 12.5. The zero-order chi connectivity index (χ0) is 14.2. The van der Waals surface area contributed by atoms with E-state index in [9.17, 15) is 4.79 Å². The van der Waals surface area contributed by atoms with Crippen molar-refractivity contribution in [3.05, 3.63) is 35.9 Å². The molecule has 0 bridgehead atoms. The predicted octanol–water partition coefficient (Wildman–Crippen LogP) is 2.68. The van der Waals surface area contributed by atoms with E-state index in [4.69, 9.17) is 0 Å². The summed E-state index contributed by atoms with van der Waals surface area (Å²) in [5.41, 5.74) is 0.819. The molecule has 3 heteroatoms. The quantitative estimate of drug-likeness (QED) is 0.901. The maximum absolute atomic E-state index is 12.5. The number of rotatable bonds is 5. The van der Waals surface area contributed by atoms with Gasteiger partial charge in [0.25, 0.3) is 5.91 Å². The van der Waals surface area contributed by atoms with Crippen LogP contribution in [0.4, 0.5) is 0 Å². The van der Waals surface area contributed by atoms with Crippen molar-refractivity contribution < 1.29 is 4.79 Å². The van der Waals surface area contributed by atoms with E-state index in [1.165, 1.54) is 25.7 Å². The van der Waals surface area contributed by atoms with E-state index in [-0.39, 0.29) is 5.91 Å². The Kier molecular flexibility index (Phi) is 3.46. The molecule has 2 saturated carbocycles. The highest BCUT2D eigenvalue weighted by Crippen LogP contribution is 2.44. The summed E-state index contributed by atoms with van der Waals surface area (Å²) >= 11 is 0. The second-order valence-corrected chi connectivity index (χ2v) is 6.97. The molecule has 1 aromatic carbocycles. The van der Waals surface area contributed by atoms with E-state index >= 15 is 0 Å². The van der Waals surface area contributed by atoms with Gasteiger partial charge in [-0.3, -0.25) is 4.79 Å². The Hall–Kier alpha value is -1.35. The number of carbonyl (C=O) groups is 1. The van der Waals surface area contributed by atoms with Gasteiger partial charge in [-0.25, -0.2) is 0 Å². The molecule has 4 rings (SSSR count). The first-order valence-corrected chi connectivity index (χ1v) is 8.41. The minimum absolute atomic E-state index is 0.189. The number of likely N-dealkylation sites (tertiary alicyclic amines) is 1. The molecule has 0 unspecified atom stereocenters. The molecule has 3 nitrogen and oxygen atoms in total. The number of amides is 1. The number of nitrogens with zero attached hydrogens (tertiary/aromatic N) is 1. The molecule has 1 saturated heterocycles. The van der Waals surface area contributed by atoms with Gasteiger partial charge in [0.15, 0.2) is 0 Å². The number of benzene rings is 1. The van der Waals surface area contributed by atoms with Gasteiger partial charge >= 0.3 is 0 Å². The van der Waals surface area contributed by atoms with E-state index < -0.39 is 0 Å². The van der Waals surface area contributed by atoms with Gasteiger partial charge in [0, 0.05) is 30.7 Å².